The summed E-state index contributed by atoms with van der Waals surface area (Å²) in [7, 11) is 0. The summed E-state index contributed by atoms with van der Waals surface area (Å²) in [5, 5.41) is 0. The molecule has 92 valence electrons. The molecular weight excluding hydrogens is 317 g/mol. The smallest absolute Gasteiger partial charge is 0.227 e. The molecule has 0 aromatic carbocycles. The molecule has 0 aromatic rings. The van der Waals surface area contributed by atoms with Gasteiger partial charge in [-0.25, -0.2) is 0 Å². The van der Waals surface area contributed by atoms with E-state index < -0.39 is 0 Å². The van der Waals surface area contributed by atoms with E-state index in [1.54, 1.807) is 0 Å². The van der Waals surface area contributed by atoms with Crippen LogP contribution in [0.15, 0.2) is 0 Å². The average Bonchev–Trinajstić information content (AvgIpc) is 2.51. The second kappa shape index (κ2) is 4.63. The summed E-state index contributed by atoms with van der Waals surface area (Å²) in [5.41, 5.74) is 4.95. The topological polar surface area (TPSA) is 60.2 Å². The highest BCUT2D eigenvalue weighted by molar-refractivity contribution is 14.1. The molecular formula is C12H20INO2. The molecule has 1 amide bonds. The fourth-order valence-electron chi connectivity index (χ4n) is 2.90. The highest BCUT2D eigenvalue weighted by Crippen LogP contribution is 2.63. The Morgan fingerprint density at radius 2 is 2.00 bits per heavy atom. The van der Waals surface area contributed by atoms with Crippen LogP contribution in [0.4, 0.5) is 0 Å². The van der Waals surface area contributed by atoms with Gasteiger partial charge in [0.2, 0.25) is 5.91 Å². The van der Waals surface area contributed by atoms with Gasteiger partial charge in [-0.15, -0.1) is 0 Å². The van der Waals surface area contributed by atoms with E-state index >= 15 is 0 Å². The normalized spacial score (nSPS) is 34.5. The molecule has 2 aliphatic rings. The second-order valence-electron chi connectivity index (χ2n) is 5.52. The van der Waals surface area contributed by atoms with Gasteiger partial charge in [0.15, 0.2) is 0 Å². The van der Waals surface area contributed by atoms with Crippen molar-refractivity contribution in [1.82, 2.24) is 0 Å². The fraction of sp³-hybridized carbons (Fsp3) is 0.833. The number of alkyl halides is 1. The van der Waals surface area contributed by atoms with Crippen LogP contribution in [-0.2, 0) is 9.59 Å². The van der Waals surface area contributed by atoms with Crippen molar-refractivity contribution >= 4 is 34.3 Å². The minimum Gasteiger partial charge on any atom is -0.369 e. The Labute approximate surface area is 111 Å². The number of hydrogen-bond donors (Lipinski definition) is 1. The number of amides is 1. The summed E-state index contributed by atoms with van der Waals surface area (Å²) in [6.45, 7) is 6.67. The summed E-state index contributed by atoms with van der Waals surface area (Å²) in [6.07, 6.45) is 3.25. The predicted molar refractivity (Wildman–Crippen MR) is 72.3 cm³/mol. The Morgan fingerprint density at radius 1 is 1.50 bits per heavy atom. The number of hydrogen-bond acceptors (Lipinski definition) is 2. The molecule has 0 radical (unpaired) electrons. The fourth-order valence-corrected chi connectivity index (χ4v) is 2.90. The van der Waals surface area contributed by atoms with E-state index in [0.717, 1.165) is 12.8 Å². The Balaban J connectivity index is 0.000000221. The summed E-state index contributed by atoms with van der Waals surface area (Å²) in [5.74, 6) is 0.935. The van der Waals surface area contributed by atoms with Crippen molar-refractivity contribution in [3.63, 3.8) is 0 Å². The lowest BCUT2D eigenvalue weighted by molar-refractivity contribution is -0.128. The van der Waals surface area contributed by atoms with Crippen molar-refractivity contribution in [1.29, 1.82) is 0 Å². The van der Waals surface area contributed by atoms with Gasteiger partial charge < -0.3 is 5.73 Å². The van der Waals surface area contributed by atoms with Crippen molar-refractivity contribution in [3.8, 4) is 0 Å². The Bertz CT molecular complexity index is 314. The van der Waals surface area contributed by atoms with Gasteiger partial charge in [-0.1, -0.05) is 43.4 Å². The van der Waals surface area contributed by atoms with Crippen molar-refractivity contribution < 1.29 is 9.59 Å². The highest BCUT2D eigenvalue weighted by atomic mass is 127. The van der Waals surface area contributed by atoms with Crippen LogP contribution in [0.2, 0.25) is 0 Å². The van der Waals surface area contributed by atoms with Crippen molar-refractivity contribution in [2.24, 2.45) is 22.5 Å². The van der Waals surface area contributed by atoms with Gasteiger partial charge in [0, 0.05) is 11.8 Å². The number of halogens is 1. The number of primary amides is 1. The van der Waals surface area contributed by atoms with Crippen LogP contribution in [0.25, 0.3) is 0 Å². The van der Waals surface area contributed by atoms with Gasteiger partial charge in [0.1, 0.15) is 5.78 Å². The van der Waals surface area contributed by atoms with E-state index in [1.165, 1.54) is 6.42 Å². The number of nitrogens with two attached hydrogens (primary N) is 1. The van der Waals surface area contributed by atoms with Gasteiger partial charge >= 0.3 is 0 Å². The predicted octanol–water partition coefficient (Wildman–Crippen LogP) is 2.31. The molecule has 0 heterocycles. The van der Waals surface area contributed by atoms with Crippen LogP contribution >= 0.6 is 22.6 Å². The van der Waals surface area contributed by atoms with Crippen LogP contribution in [-0.4, -0.2) is 16.1 Å². The van der Waals surface area contributed by atoms with Crippen molar-refractivity contribution in [3.05, 3.63) is 0 Å². The first kappa shape index (κ1) is 13.9. The molecule has 3 nitrogen and oxygen atoms in total. The number of carbonyl (C=O) groups excluding carboxylic acids is 2. The molecule has 2 bridgehead atoms. The van der Waals surface area contributed by atoms with Crippen LogP contribution < -0.4 is 5.73 Å². The van der Waals surface area contributed by atoms with E-state index in [1.807, 2.05) is 22.6 Å². The monoisotopic (exact) mass is 337 g/mol. The molecule has 2 saturated carbocycles. The highest BCUT2D eigenvalue weighted by Gasteiger charge is 2.61. The second-order valence-corrected chi connectivity index (χ2v) is 6.28. The molecule has 2 atom stereocenters. The quantitative estimate of drug-likeness (QED) is 0.590. The van der Waals surface area contributed by atoms with E-state index in [4.69, 9.17) is 0 Å². The number of fused-ring (bicyclic) bond motifs is 2. The Hall–Kier alpha value is -0.130. The number of ketones is 1. The summed E-state index contributed by atoms with van der Waals surface area (Å²) in [4.78, 5) is 21.2. The van der Waals surface area contributed by atoms with Crippen LogP contribution in [0.5, 0.6) is 0 Å². The standard InChI is InChI=1S/C10H16O.C2H4INO/c1-9(2)7-4-5-10(9,3)8(11)6-7;3-1-2(4)5/h7H,4-6H2,1-3H3;1H2,(H2,4,5). The molecule has 0 saturated heterocycles. The van der Waals surface area contributed by atoms with Gasteiger partial charge in [-0.3, -0.25) is 9.59 Å². The largest absolute Gasteiger partial charge is 0.369 e. The van der Waals surface area contributed by atoms with Gasteiger partial charge in [0.25, 0.3) is 0 Å². The lowest BCUT2D eigenvalue weighted by atomic mass is 9.70. The van der Waals surface area contributed by atoms with E-state index in [-0.39, 0.29) is 16.7 Å². The maximum absolute atomic E-state index is 11.6. The molecule has 0 aliphatic heterocycles. The zero-order valence-corrected chi connectivity index (χ0v) is 12.3. The molecule has 2 unspecified atom stereocenters. The minimum absolute atomic E-state index is 0.0255. The molecule has 16 heavy (non-hydrogen) atoms. The minimum atomic E-state index is -0.259. The zero-order chi connectivity index (χ0) is 12.6. The van der Waals surface area contributed by atoms with E-state index in [2.05, 4.69) is 26.5 Å². The molecule has 2 N–H and O–H groups in total. The Kier molecular flexibility index (Phi) is 4.03. The maximum Gasteiger partial charge on any atom is 0.227 e. The van der Waals surface area contributed by atoms with E-state index in [0.29, 0.717) is 16.1 Å². The zero-order valence-electron chi connectivity index (χ0n) is 10.2. The summed E-state index contributed by atoms with van der Waals surface area (Å²) in [6, 6.07) is 0. The maximum atomic E-state index is 11.6. The van der Waals surface area contributed by atoms with Crippen LogP contribution in [0.3, 0.4) is 0 Å². The Morgan fingerprint density at radius 3 is 2.12 bits per heavy atom. The molecule has 4 heteroatoms. The summed E-state index contributed by atoms with van der Waals surface area (Å²) >= 11 is 1.90. The number of carbonyl (C=O) groups is 2. The first-order valence-corrected chi connectivity index (χ1v) is 7.16. The van der Waals surface area contributed by atoms with Crippen LogP contribution in [0, 0.1) is 16.7 Å². The number of Topliss-reactive ketones (excluding diaryl/α,β-unsaturated/α-hetero) is 1. The van der Waals surface area contributed by atoms with Gasteiger partial charge in [0.05, 0.1) is 4.43 Å². The van der Waals surface area contributed by atoms with E-state index in [9.17, 15) is 9.59 Å². The first-order valence-electron chi connectivity index (χ1n) is 5.63. The van der Waals surface area contributed by atoms with Crippen molar-refractivity contribution in [2.75, 3.05) is 4.43 Å². The van der Waals surface area contributed by atoms with Crippen molar-refractivity contribution in [2.45, 2.75) is 40.0 Å². The first-order chi connectivity index (χ1) is 7.25. The molecule has 2 aliphatic carbocycles. The molecule has 2 fully saturated rings. The third-order valence-electron chi connectivity index (χ3n) is 4.61. The number of rotatable bonds is 1. The molecule has 0 aromatic heterocycles. The molecule has 2 rings (SSSR count). The lowest BCUT2D eigenvalue weighted by Crippen LogP contribution is -2.32. The lowest BCUT2D eigenvalue weighted by Gasteiger charge is -2.32. The SMILES string of the molecule is CC12CCC(CC1=O)C2(C)C.NC(=O)CI. The van der Waals surface area contributed by atoms with Crippen LogP contribution in [0.1, 0.15) is 40.0 Å². The molecule has 0 spiro atoms. The third-order valence-corrected chi connectivity index (χ3v) is 5.37. The third kappa shape index (κ3) is 2.13. The average molecular weight is 337 g/mol. The van der Waals surface area contributed by atoms with Gasteiger partial charge in [-0.05, 0) is 24.2 Å². The van der Waals surface area contributed by atoms with Gasteiger partial charge in [-0.2, -0.15) is 0 Å². The summed E-state index contributed by atoms with van der Waals surface area (Å²) < 4.78 is 0.414.